The van der Waals surface area contributed by atoms with Crippen molar-refractivity contribution in [2.24, 2.45) is 17.3 Å². The molecule has 33 heavy (non-hydrogen) atoms. The van der Waals surface area contributed by atoms with Crippen molar-refractivity contribution in [2.45, 2.75) is 85.0 Å². The van der Waals surface area contributed by atoms with E-state index < -0.39 is 5.41 Å². The van der Waals surface area contributed by atoms with Crippen LogP contribution in [0.3, 0.4) is 0 Å². The van der Waals surface area contributed by atoms with Crippen molar-refractivity contribution in [1.82, 2.24) is 9.47 Å². The monoisotopic (exact) mass is 456 g/mol. The van der Waals surface area contributed by atoms with Crippen LogP contribution in [0.15, 0.2) is 0 Å². The van der Waals surface area contributed by atoms with Crippen molar-refractivity contribution in [3.63, 3.8) is 0 Å². The van der Waals surface area contributed by atoms with Gasteiger partial charge in [0.15, 0.2) is 5.78 Å². The number of Topliss-reactive ketones (excluding diaryl/α,β-unsaturated/α-hetero) is 1. The quantitative estimate of drug-likeness (QED) is 0.427. The molecule has 4 rings (SSSR count). The highest BCUT2D eigenvalue weighted by Gasteiger charge is 2.45. The molecule has 2 aliphatic carbocycles. The van der Waals surface area contributed by atoms with Gasteiger partial charge in [-0.2, -0.15) is 0 Å². The van der Waals surface area contributed by atoms with E-state index in [0.717, 1.165) is 87.0 Å². The average Bonchev–Trinajstić information content (AvgIpc) is 3.34. The molecule has 0 radical (unpaired) electrons. The van der Waals surface area contributed by atoms with Gasteiger partial charge in [0.1, 0.15) is 0 Å². The third-order valence-corrected chi connectivity index (χ3v) is 8.07. The lowest BCUT2D eigenvalue weighted by Gasteiger charge is -2.39. The van der Waals surface area contributed by atoms with Gasteiger partial charge in [-0.1, -0.05) is 33.6 Å². The third-order valence-electron chi connectivity index (χ3n) is 8.07. The summed E-state index contributed by atoms with van der Waals surface area (Å²) in [6, 6.07) is 0. The Bertz CT molecular complexity index is 929. The lowest BCUT2D eigenvalue weighted by Crippen LogP contribution is -2.46. The molecular formula is C27H40N2O4. The fraction of sp³-hybridized carbons (Fsp3) is 0.741. The maximum Gasteiger partial charge on any atom is 0.305 e. The number of carbonyl (C=O) groups is 3. The third kappa shape index (κ3) is 4.68. The molecular weight excluding hydrogens is 416 g/mol. The van der Waals surface area contributed by atoms with Gasteiger partial charge in [0, 0.05) is 41.2 Å². The Hall–Kier alpha value is -1.95. The summed E-state index contributed by atoms with van der Waals surface area (Å²) in [5.74, 6) is 0.520. The van der Waals surface area contributed by atoms with E-state index >= 15 is 0 Å². The molecule has 0 unspecified atom stereocenters. The molecule has 1 aromatic heterocycles. The zero-order valence-corrected chi connectivity index (χ0v) is 20.9. The number of carbonyl (C=O) groups excluding carboxylic acids is 3. The number of likely N-dealkylation sites (tertiary alicyclic amines) is 1. The first kappa shape index (κ1) is 24.2. The second-order valence-corrected chi connectivity index (χ2v) is 11.0. The number of rotatable bonds is 8. The van der Waals surface area contributed by atoms with Crippen molar-refractivity contribution in [2.75, 3.05) is 26.7 Å². The van der Waals surface area contributed by atoms with Crippen molar-refractivity contribution in [3.05, 3.63) is 22.5 Å². The minimum absolute atomic E-state index is 0.0445. The number of hydrogen-bond acceptors (Lipinski definition) is 5. The lowest BCUT2D eigenvalue weighted by molar-refractivity contribution is -0.144. The largest absolute Gasteiger partial charge is 0.466 e. The first-order chi connectivity index (χ1) is 15.7. The Balaban J connectivity index is 1.53. The summed E-state index contributed by atoms with van der Waals surface area (Å²) in [7, 11) is 2.09. The molecule has 1 fully saturated rings. The fourth-order valence-corrected chi connectivity index (χ4v) is 5.98. The topological polar surface area (TPSA) is 68.6 Å². The maximum absolute atomic E-state index is 13.9. The Morgan fingerprint density at radius 1 is 1.15 bits per heavy atom. The summed E-state index contributed by atoms with van der Waals surface area (Å²) in [4.78, 5) is 41.7. The molecule has 0 amide bonds. The van der Waals surface area contributed by atoms with Crippen LogP contribution < -0.4 is 0 Å². The molecule has 0 bridgehead atoms. The number of piperidine rings is 1. The Labute approximate surface area is 198 Å². The van der Waals surface area contributed by atoms with Gasteiger partial charge in [-0.25, -0.2) is 0 Å². The highest BCUT2D eigenvalue weighted by molar-refractivity contribution is 6.04. The van der Waals surface area contributed by atoms with Gasteiger partial charge in [0.2, 0.25) is 5.91 Å². The number of hydrogen-bond donors (Lipinski definition) is 0. The standard InChI is InChI=1S/C27H40N2O4/c1-5-6-7-11-23(30)33-15-13-27(2,3)26(32)29-21-10-8-9-19(21)24-22(29)16-18-12-14-28(4)17-20(18)25(24)31/h18,20H,5-17H2,1-4H3/t18-,20+/m0/s1. The second-order valence-electron chi connectivity index (χ2n) is 11.0. The zero-order chi connectivity index (χ0) is 23.8. The smallest absolute Gasteiger partial charge is 0.305 e. The van der Waals surface area contributed by atoms with Crippen molar-refractivity contribution < 1.29 is 19.1 Å². The van der Waals surface area contributed by atoms with Crippen LogP contribution in [0.25, 0.3) is 0 Å². The van der Waals surface area contributed by atoms with E-state index in [0.29, 0.717) is 18.8 Å². The molecule has 6 heteroatoms. The SMILES string of the molecule is CCCCCC(=O)OCCC(C)(C)C(=O)n1c2c(c3c1C[C@@H]1CCN(C)C[C@H]1C3=O)CCC2. The normalized spacial score (nSPS) is 22.6. The van der Waals surface area contributed by atoms with E-state index in [1.165, 1.54) is 0 Å². The number of fused-ring (bicyclic) bond motifs is 4. The fourth-order valence-electron chi connectivity index (χ4n) is 5.98. The van der Waals surface area contributed by atoms with E-state index in [2.05, 4.69) is 18.9 Å². The highest BCUT2D eigenvalue weighted by Crippen LogP contribution is 2.43. The first-order valence-electron chi connectivity index (χ1n) is 12.9. The first-order valence-corrected chi connectivity index (χ1v) is 12.9. The van der Waals surface area contributed by atoms with Gasteiger partial charge < -0.3 is 9.64 Å². The molecule has 0 spiro atoms. The van der Waals surface area contributed by atoms with Crippen LogP contribution >= 0.6 is 0 Å². The van der Waals surface area contributed by atoms with Crippen LogP contribution in [-0.4, -0.2) is 53.9 Å². The molecule has 0 aromatic carbocycles. The molecule has 6 nitrogen and oxygen atoms in total. The Morgan fingerprint density at radius 3 is 2.70 bits per heavy atom. The summed E-state index contributed by atoms with van der Waals surface area (Å²) in [5.41, 5.74) is 3.36. The number of nitrogens with zero attached hydrogens (tertiary/aromatic N) is 2. The maximum atomic E-state index is 13.9. The van der Waals surface area contributed by atoms with Crippen LogP contribution in [0.5, 0.6) is 0 Å². The van der Waals surface area contributed by atoms with Gasteiger partial charge in [-0.15, -0.1) is 0 Å². The van der Waals surface area contributed by atoms with E-state index in [4.69, 9.17) is 4.74 Å². The number of ether oxygens (including phenoxy) is 1. The predicted molar refractivity (Wildman–Crippen MR) is 128 cm³/mol. The predicted octanol–water partition coefficient (Wildman–Crippen LogP) is 4.46. The Kier molecular flexibility index (Phi) is 7.13. The average molecular weight is 457 g/mol. The summed E-state index contributed by atoms with van der Waals surface area (Å²) in [6.07, 6.45) is 8.47. The van der Waals surface area contributed by atoms with Crippen LogP contribution in [0.4, 0.5) is 0 Å². The number of unbranched alkanes of at least 4 members (excludes halogenated alkanes) is 2. The number of aromatic nitrogens is 1. The molecule has 2 atom stereocenters. The van der Waals surface area contributed by atoms with Gasteiger partial charge in [-0.3, -0.25) is 19.0 Å². The van der Waals surface area contributed by atoms with Crippen LogP contribution in [0, 0.1) is 17.3 Å². The van der Waals surface area contributed by atoms with Crippen molar-refractivity contribution >= 4 is 17.7 Å². The molecule has 2 heterocycles. The summed E-state index contributed by atoms with van der Waals surface area (Å²) in [6.45, 7) is 8.08. The minimum atomic E-state index is -0.667. The molecule has 182 valence electrons. The summed E-state index contributed by atoms with van der Waals surface area (Å²) < 4.78 is 7.36. The number of esters is 1. The summed E-state index contributed by atoms with van der Waals surface area (Å²) >= 11 is 0. The van der Waals surface area contributed by atoms with Crippen molar-refractivity contribution in [1.29, 1.82) is 0 Å². The molecule has 3 aliphatic rings. The van der Waals surface area contributed by atoms with Gasteiger partial charge in [0.05, 0.1) is 6.61 Å². The van der Waals surface area contributed by atoms with E-state index in [1.807, 2.05) is 18.4 Å². The van der Waals surface area contributed by atoms with E-state index in [1.54, 1.807) is 0 Å². The van der Waals surface area contributed by atoms with Gasteiger partial charge in [0.25, 0.3) is 0 Å². The second kappa shape index (κ2) is 9.73. The highest BCUT2D eigenvalue weighted by atomic mass is 16.5. The van der Waals surface area contributed by atoms with E-state index in [-0.39, 0.29) is 30.2 Å². The van der Waals surface area contributed by atoms with Crippen LogP contribution in [0.1, 0.15) is 97.8 Å². The van der Waals surface area contributed by atoms with Gasteiger partial charge >= 0.3 is 5.97 Å². The Morgan fingerprint density at radius 2 is 1.94 bits per heavy atom. The molecule has 1 aromatic rings. The van der Waals surface area contributed by atoms with E-state index in [9.17, 15) is 14.4 Å². The zero-order valence-electron chi connectivity index (χ0n) is 20.9. The van der Waals surface area contributed by atoms with Crippen molar-refractivity contribution in [3.8, 4) is 0 Å². The van der Waals surface area contributed by atoms with Crippen LogP contribution in [0.2, 0.25) is 0 Å². The molecule has 1 saturated heterocycles. The van der Waals surface area contributed by atoms with Gasteiger partial charge in [-0.05, 0) is 70.0 Å². The lowest BCUT2D eigenvalue weighted by atomic mass is 9.72. The summed E-state index contributed by atoms with van der Waals surface area (Å²) in [5, 5.41) is 0. The molecule has 1 aliphatic heterocycles. The minimum Gasteiger partial charge on any atom is -0.466 e. The number of ketones is 1. The molecule has 0 saturated carbocycles. The molecule has 0 N–H and O–H groups in total. The van der Waals surface area contributed by atoms with Crippen LogP contribution in [-0.2, 0) is 28.8 Å².